The van der Waals surface area contributed by atoms with E-state index in [4.69, 9.17) is 4.42 Å². The van der Waals surface area contributed by atoms with E-state index in [1.54, 1.807) is 18.4 Å². The molecule has 1 aromatic heterocycles. The third-order valence-corrected chi connectivity index (χ3v) is 4.68. The number of amides is 1. The van der Waals surface area contributed by atoms with Crippen LogP contribution in [0.3, 0.4) is 0 Å². The predicted molar refractivity (Wildman–Crippen MR) is 85.3 cm³/mol. The maximum atomic E-state index is 12.4. The topological polar surface area (TPSA) is 65.7 Å². The van der Waals surface area contributed by atoms with Crippen molar-refractivity contribution >= 4 is 5.91 Å². The Labute approximate surface area is 132 Å². The van der Waals surface area contributed by atoms with Gasteiger partial charge in [0.1, 0.15) is 11.9 Å². The largest absolute Gasteiger partial charge is 0.467 e. The Morgan fingerprint density at radius 1 is 1.41 bits per heavy atom. The van der Waals surface area contributed by atoms with E-state index >= 15 is 0 Å². The lowest BCUT2D eigenvalue weighted by Gasteiger charge is -2.32. The van der Waals surface area contributed by atoms with E-state index in [1.807, 2.05) is 13.8 Å². The van der Waals surface area contributed by atoms with Crippen molar-refractivity contribution in [2.24, 2.45) is 0 Å². The maximum absolute atomic E-state index is 12.4. The summed E-state index contributed by atoms with van der Waals surface area (Å²) in [6, 6.07) is 4.13. The second-order valence-electron chi connectivity index (χ2n) is 6.58. The molecule has 0 radical (unpaired) electrons. The number of rotatable bonds is 6. The summed E-state index contributed by atoms with van der Waals surface area (Å²) in [5.74, 6) is 0.565. The fourth-order valence-electron chi connectivity index (χ4n) is 3.47. The standard InChI is InChI=1S/C17H28N2O3/c1-11(10-15(20)16-6-5-9-22-16)18-17(21)14(4)19-12(2)7-8-13(19)3/h5-6,9,11-15,20H,7-8,10H2,1-4H3,(H,18,21)/t11-,12-,13+,14+,15+/m1/s1. The van der Waals surface area contributed by atoms with Gasteiger partial charge in [0.15, 0.2) is 0 Å². The van der Waals surface area contributed by atoms with Gasteiger partial charge in [0, 0.05) is 24.5 Å². The van der Waals surface area contributed by atoms with Gasteiger partial charge in [-0.2, -0.15) is 0 Å². The first-order valence-corrected chi connectivity index (χ1v) is 8.19. The summed E-state index contributed by atoms with van der Waals surface area (Å²) in [5, 5.41) is 13.1. The van der Waals surface area contributed by atoms with Gasteiger partial charge in [-0.3, -0.25) is 9.69 Å². The molecule has 22 heavy (non-hydrogen) atoms. The summed E-state index contributed by atoms with van der Waals surface area (Å²) in [4.78, 5) is 14.7. The first kappa shape index (κ1) is 17.0. The van der Waals surface area contributed by atoms with Crippen molar-refractivity contribution in [2.75, 3.05) is 0 Å². The van der Waals surface area contributed by atoms with Crippen molar-refractivity contribution in [3.63, 3.8) is 0 Å². The Morgan fingerprint density at radius 2 is 2.05 bits per heavy atom. The van der Waals surface area contributed by atoms with Crippen LogP contribution < -0.4 is 5.32 Å². The molecule has 0 saturated carbocycles. The van der Waals surface area contributed by atoms with Gasteiger partial charge in [-0.25, -0.2) is 0 Å². The number of furan rings is 1. The molecule has 5 heteroatoms. The van der Waals surface area contributed by atoms with E-state index in [9.17, 15) is 9.90 Å². The Hall–Kier alpha value is -1.33. The maximum Gasteiger partial charge on any atom is 0.237 e. The van der Waals surface area contributed by atoms with Crippen LogP contribution in [0.2, 0.25) is 0 Å². The molecule has 2 N–H and O–H groups in total. The number of likely N-dealkylation sites (tertiary alicyclic amines) is 1. The lowest BCUT2D eigenvalue weighted by atomic mass is 10.1. The quantitative estimate of drug-likeness (QED) is 0.847. The van der Waals surface area contributed by atoms with Crippen molar-refractivity contribution in [3.8, 4) is 0 Å². The van der Waals surface area contributed by atoms with Gasteiger partial charge in [-0.1, -0.05) is 0 Å². The fourth-order valence-corrected chi connectivity index (χ4v) is 3.47. The van der Waals surface area contributed by atoms with Gasteiger partial charge in [0.2, 0.25) is 5.91 Å². The van der Waals surface area contributed by atoms with Gasteiger partial charge >= 0.3 is 0 Å². The van der Waals surface area contributed by atoms with Crippen molar-refractivity contribution in [3.05, 3.63) is 24.2 Å². The van der Waals surface area contributed by atoms with Crippen LogP contribution in [0, 0.1) is 0 Å². The summed E-state index contributed by atoms with van der Waals surface area (Å²) in [5.41, 5.74) is 0. The Kier molecular flexibility index (Phi) is 5.64. The van der Waals surface area contributed by atoms with Crippen molar-refractivity contribution < 1.29 is 14.3 Å². The van der Waals surface area contributed by atoms with Crippen LogP contribution in [-0.4, -0.2) is 40.1 Å². The zero-order valence-corrected chi connectivity index (χ0v) is 14.0. The van der Waals surface area contributed by atoms with Crippen molar-refractivity contribution in [1.82, 2.24) is 10.2 Å². The monoisotopic (exact) mass is 308 g/mol. The van der Waals surface area contributed by atoms with Crippen LogP contribution in [0.5, 0.6) is 0 Å². The summed E-state index contributed by atoms with van der Waals surface area (Å²) in [6.07, 6.45) is 3.58. The normalized spacial score (nSPS) is 26.6. The second kappa shape index (κ2) is 7.29. The van der Waals surface area contributed by atoms with E-state index in [2.05, 4.69) is 24.1 Å². The molecule has 2 heterocycles. The number of carbonyl (C=O) groups excluding carboxylic acids is 1. The van der Waals surface area contributed by atoms with Gasteiger partial charge in [-0.15, -0.1) is 0 Å². The first-order chi connectivity index (χ1) is 10.4. The molecule has 0 bridgehead atoms. The lowest BCUT2D eigenvalue weighted by molar-refractivity contribution is -0.127. The molecule has 0 aromatic carbocycles. The van der Waals surface area contributed by atoms with Gasteiger partial charge < -0.3 is 14.8 Å². The molecular weight excluding hydrogens is 280 g/mol. The average molecular weight is 308 g/mol. The molecule has 0 aliphatic carbocycles. The average Bonchev–Trinajstić information content (AvgIpc) is 3.08. The molecule has 124 valence electrons. The number of nitrogens with zero attached hydrogens (tertiary/aromatic N) is 1. The Morgan fingerprint density at radius 3 is 2.59 bits per heavy atom. The summed E-state index contributed by atoms with van der Waals surface area (Å²) in [6.45, 7) is 8.23. The minimum atomic E-state index is -0.690. The SMILES string of the molecule is C[C@H](C[C@H](O)c1ccco1)NC(=O)[C@H](C)N1[C@H](C)CC[C@@H]1C. The molecule has 1 amide bonds. The van der Waals surface area contributed by atoms with Crippen LogP contribution in [0.1, 0.15) is 58.8 Å². The van der Waals surface area contributed by atoms with E-state index in [0.29, 0.717) is 24.3 Å². The zero-order valence-electron chi connectivity index (χ0n) is 14.0. The highest BCUT2D eigenvalue weighted by Gasteiger charge is 2.34. The Bertz CT molecular complexity index is 464. The molecule has 0 unspecified atom stereocenters. The number of aliphatic hydroxyl groups excluding tert-OH is 1. The molecule has 1 aromatic rings. The first-order valence-electron chi connectivity index (χ1n) is 8.19. The highest BCUT2D eigenvalue weighted by molar-refractivity contribution is 5.81. The van der Waals surface area contributed by atoms with Crippen LogP contribution in [0.15, 0.2) is 22.8 Å². The molecular formula is C17H28N2O3. The van der Waals surface area contributed by atoms with Crippen molar-refractivity contribution in [1.29, 1.82) is 0 Å². The van der Waals surface area contributed by atoms with E-state index in [0.717, 1.165) is 12.8 Å². The third-order valence-electron chi connectivity index (χ3n) is 4.68. The molecule has 5 nitrogen and oxygen atoms in total. The minimum absolute atomic E-state index is 0.0275. The summed E-state index contributed by atoms with van der Waals surface area (Å²) in [7, 11) is 0. The molecule has 1 fully saturated rings. The van der Waals surface area contributed by atoms with E-state index < -0.39 is 6.10 Å². The summed E-state index contributed by atoms with van der Waals surface area (Å²) >= 11 is 0. The highest BCUT2D eigenvalue weighted by atomic mass is 16.4. The van der Waals surface area contributed by atoms with Crippen LogP contribution >= 0.6 is 0 Å². The van der Waals surface area contributed by atoms with E-state index in [-0.39, 0.29) is 18.0 Å². The van der Waals surface area contributed by atoms with Gasteiger partial charge in [0.05, 0.1) is 12.3 Å². The van der Waals surface area contributed by atoms with Gasteiger partial charge in [0.25, 0.3) is 0 Å². The third kappa shape index (κ3) is 3.90. The molecule has 2 rings (SSSR count). The summed E-state index contributed by atoms with van der Waals surface area (Å²) < 4.78 is 5.19. The number of hydrogen-bond donors (Lipinski definition) is 2. The predicted octanol–water partition coefficient (Wildman–Crippen LogP) is 2.47. The van der Waals surface area contributed by atoms with Crippen LogP contribution in [0.4, 0.5) is 0 Å². The fraction of sp³-hybridized carbons (Fsp3) is 0.706. The number of hydrogen-bond acceptors (Lipinski definition) is 4. The molecule has 0 spiro atoms. The van der Waals surface area contributed by atoms with E-state index in [1.165, 1.54) is 0 Å². The molecule has 1 aliphatic rings. The van der Waals surface area contributed by atoms with Crippen LogP contribution in [0.25, 0.3) is 0 Å². The number of carbonyl (C=O) groups is 1. The smallest absolute Gasteiger partial charge is 0.237 e. The minimum Gasteiger partial charge on any atom is -0.467 e. The van der Waals surface area contributed by atoms with Crippen molar-refractivity contribution in [2.45, 2.75) is 77.2 Å². The number of nitrogens with one attached hydrogen (secondary N) is 1. The molecule has 1 saturated heterocycles. The number of aliphatic hydroxyl groups is 1. The Balaban J connectivity index is 1.85. The van der Waals surface area contributed by atoms with Crippen LogP contribution in [-0.2, 0) is 4.79 Å². The zero-order chi connectivity index (χ0) is 16.3. The molecule has 5 atom stereocenters. The lowest BCUT2D eigenvalue weighted by Crippen LogP contribution is -2.51. The molecule has 1 aliphatic heterocycles. The highest BCUT2D eigenvalue weighted by Crippen LogP contribution is 2.26. The second-order valence-corrected chi connectivity index (χ2v) is 6.58. The van der Waals surface area contributed by atoms with Gasteiger partial charge in [-0.05, 0) is 52.7 Å².